The number of ether oxygens (including phenoxy) is 1. The van der Waals surface area contributed by atoms with Gasteiger partial charge in [-0.25, -0.2) is 0 Å². The molecular weight excluding hydrogens is 224 g/mol. The molecule has 0 radical (unpaired) electrons. The molecule has 3 nitrogen and oxygen atoms in total. The lowest BCUT2D eigenvalue weighted by atomic mass is 9.70. The van der Waals surface area contributed by atoms with Gasteiger partial charge in [-0.2, -0.15) is 0 Å². The highest BCUT2D eigenvalue weighted by molar-refractivity contribution is 4.90. The maximum absolute atomic E-state index is 6.12. The van der Waals surface area contributed by atoms with Gasteiger partial charge in [0.05, 0.1) is 6.61 Å². The first-order valence-corrected chi connectivity index (χ1v) is 7.59. The van der Waals surface area contributed by atoms with Crippen molar-refractivity contribution in [3.8, 4) is 0 Å². The zero-order valence-electron chi connectivity index (χ0n) is 12.2. The molecule has 3 heteroatoms. The SMILES string of the molecule is COCC1CCN(CC2(CN)CCCC(C)C2)C1. The third kappa shape index (κ3) is 3.46. The smallest absolute Gasteiger partial charge is 0.0503 e. The average molecular weight is 254 g/mol. The number of methoxy groups -OCH3 is 1. The van der Waals surface area contributed by atoms with Crippen molar-refractivity contribution in [2.24, 2.45) is 23.0 Å². The Hall–Kier alpha value is -0.120. The summed E-state index contributed by atoms with van der Waals surface area (Å²) < 4.78 is 5.28. The summed E-state index contributed by atoms with van der Waals surface area (Å²) in [6.45, 7) is 7.84. The topological polar surface area (TPSA) is 38.5 Å². The number of rotatable bonds is 5. The van der Waals surface area contributed by atoms with E-state index in [1.807, 2.05) is 7.11 Å². The van der Waals surface area contributed by atoms with Crippen molar-refractivity contribution in [1.82, 2.24) is 4.90 Å². The van der Waals surface area contributed by atoms with Crippen molar-refractivity contribution in [3.63, 3.8) is 0 Å². The van der Waals surface area contributed by atoms with Gasteiger partial charge < -0.3 is 15.4 Å². The number of nitrogens with zero attached hydrogens (tertiary/aromatic N) is 1. The van der Waals surface area contributed by atoms with Gasteiger partial charge in [0, 0.05) is 20.2 Å². The molecule has 3 atom stereocenters. The zero-order chi connectivity index (χ0) is 13.0. The van der Waals surface area contributed by atoms with Crippen LogP contribution in [0.3, 0.4) is 0 Å². The van der Waals surface area contributed by atoms with Gasteiger partial charge in [-0.3, -0.25) is 0 Å². The van der Waals surface area contributed by atoms with Crippen LogP contribution < -0.4 is 5.73 Å². The van der Waals surface area contributed by atoms with E-state index in [2.05, 4.69) is 11.8 Å². The largest absolute Gasteiger partial charge is 0.384 e. The van der Waals surface area contributed by atoms with Crippen LogP contribution in [-0.4, -0.2) is 44.8 Å². The van der Waals surface area contributed by atoms with Crippen molar-refractivity contribution < 1.29 is 4.74 Å². The number of nitrogens with two attached hydrogens (primary N) is 1. The molecule has 18 heavy (non-hydrogen) atoms. The van der Waals surface area contributed by atoms with Crippen LogP contribution in [0.5, 0.6) is 0 Å². The summed E-state index contributed by atoms with van der Waals surface area (Å²) in [5.74, 6) is 1.60. The van der Waals surface area contributed by atoms with Gasteiger partial charge in [0.2, 0.25) is 0 Å². The van der Waals surface area contributed by atoms with Gasteiger partial charge in [0.25, 0.3) is 0 Å². The Morgan fingerprint density at radius 1 is 1.39 bits per heavy atom. The fourth-order valence-electron chi connectivity index (χ4n) is 4.06. The zero-order valence-corrected chi connectivity index (χ0v) is 12.2. The fourth-order valence-corrected chi connectivity index (χ4v) is 4.06. The lowest BCUT2D eigenvalue weighted by molar-refractivity contribution is 0.0933. The third-order valence-electron chi connectivity index (χ3n) is 4.95. The molecule has 0 aromatic heterocycles. The molecule has 0 spiro atoms. The summed E-state index contributed by atoms with van der Waals surface area (Å²) in [5, 5.41) is 0. The van der Waals surface area contributed by atoms with Crippen molar-refractivity contribution in [2.75, 3.05) is 39.9 Å². The minimum absolute atomic E-state index is 0.402. The van der Waals surface area contributed by atoms with Crippen molar-refractivity contribution in [3.05, 3.63) is 0 Å². The van der Waals surface area contributed by atoms with Crippen LogP contribution >= 0.6 is 0 Å². The minimum Gasteiger partial charge on any atom is -0.384 e. The van der Waals surface area contributed by atoms with E-state index in [4.69, 9.17) is 10.5 Å². The van der Waals surface area contributed by atoms with Gasteiger partial charge >= 0.3 is 0 Å². The highest BCUT2D eigenvalue weighted by atomic mass is 16.5. The molecule has 0 bridgehead atoms. The first-order chi connectivity index (χ1) is 8.67. The van der Waals surface area contributed by atoms with E-state index in [1.54, 1.807) is 0 Å². The molecule has 2 rings (SSSR count). The van der Waals surface area contributed by atoms with E-state index in [1.165, 1.54) is 51.7 Å². The van der Waals surface area contributed by atoms with Gasteiger partial charge in [-0.15, -0.1) is 0 Å². The van der Waals surface area contributed by atoms with Gasteiger partial charge in [-0.05, 0) is 49.6 Å². The monoisotopic (exact) mass is 254 g/mol. The Morgan fingerprint density at radius 2 is 2.22 bits per heavy atom. The van der Waals surface area contributed by atoms with E-state index in [0.717, 1.165) is 25.0 Å². The third-order valence-corrected chi connectivity index (χ3v) is 4.95. The minimum atomic E-state index is 0.402. The summed E-state index contributed by atoms with van der Waals surface area (Å²) in [4.78, 5) is 2.63. The van der Waals surface area contributed by atoms with Crippen LogP contribution in [0.4, 0.5) is 0 Å². The highest BCUT2D eigenvalue weighted by Crippen LogP contribution is 2.40. The fraction of sp³-hybridized carbons (Fsp3) is 1.00. The average Bonchev–Trinajstić information content (AvgIpc) is 2.77. The second-order valence-corrected chi connectivity index (χ2v) is 6.75. The first kappa shape index (κ1) is 14.3. The molecule has 1 aliphatic carbocycles. The summed E-state index contributed by atoms with van der Waals surface area (Å²) in [7, 11) is 1.81. The lowest BCUT2D eigenvalue weighted by Gasteiger charge is -2.42. The summed E-state index contributed by atoms with van der Waals surface area (Å²) in [6, 6.07) is 0. The van der Waals surface area contributed by atoms with Crippen LogP contribution in [0.2, 0.25) is 0 Å². The molecule has 0 aromatic carbocycles. The summed E-state index contributed by atoms with van der Waals surface area (Å²) in [6.07, 6.45) is 6.72. The Bertz CT molecular complexity index is 259. The van der Waals surface area contributed by atoms with Crippen LogP contribution in [0.1, 0.15) is 39.0 Å². The molecule has 2 fully saturated rings. The summed E-state index contributed by atoms with van der Waals surface area (Å²) in [5.41, 5.74) is 6.52. The molecule has 1 aliphatic heterocycles. The Kier molecular flexibility index (Phi) is 5.05. The molecule has 2 aliphatic rings. The van der Waals surface area contributed by atoms with Crippen LogP contribution in [0.25, 0.3) is 0 Å². The molecule has 2 N–H and O–H groups in total. The normalized spacial score (nSPS) is 38.2. The lowest BCUT2D eigenvalue weighted by Crippen LogP contribution is -2.44. The van der Waals surface area contributed by atoms with Crippen molar-refractivity contribution in [2.45, 2.75) is 39.0 Å². The van der Waals surface area contributed by atoms with Crippen molar-refractivity contribution in [1.29, 1.82) is 0 Å². The van der Waals surface area contributed by atoms with Crippen LogP contribution in [-0.2, 0) is 4.74 Å². The predicted molar refractivity (Wildman–Crippen MR) is 75.5 cm³/mol. The molecule has 1 heterocycles. The molecule has 3 unspecified atom stereocenters. The van der Waals surface area contributed by atoms with Gasteiger partial charge in [0.1, 0.15) is 0 Å². The maximum atomic E-state index is 6.12. The van der Waals surface area contributed by atoms with E-state index < -0.39 is 0 Å². The first-order valence-electron chi connectivity index (χ1n) is 7.59. The van der Waals surface area contributed by atoms with E-state index in [-0.39, 0.29) is 0 Å². The molecular formula is C15H30N2O. The van der Waals surface area contributed by atoms with Gasteiger partial charge in [0.15, 0.2) is 0 Å². The van der Waals surface area contributed by atoms with Crippen molar-refractivity contribution >= 4 is 0 Å². The van der Waals surface area contributed by atoms with Crippen LogP contribution in [0.15, 0.2) is 0 Å². The Balaban J connectivity index is 1.87. The quantitative estimate of drug-likeness (QED) is 0.816. The summed E-state index contributed by atoms with van der Waals surface area (Å²) >= 11 is 0. The number of likely N-dealkylation sites (tertiary alicyclic amines) is 1. The van der Waals surface area contributed by atoms with Gasteiger partial charge in [-0.1, -0.05) is 19.8 Å². The Labute approximate surface area is 112 Å². The molecule has 106 valence electrons. The standard InChI is InChI=1S/C15H30N2O/c1-13-4-3-6-15(8-13,11-16)12-17-7-5-14(9-17)10-18-2/h13-14H,3-12,16H2,1-2H3. The predicted octanol–water partition coefficient (Wildman–Crippen LogP) is 2.11. The molecule has 0 aromatic rings. The molecule has 0 amide bonds. The number of hydrogen-bond donors (Lipinski definition) is 1. The van der Waals surface area contributed by atoms with Crippen LogP contribution in [0, 0.1) is 17.3 Å². The van der Waals surface area contributed by atoms with E-state index in [9.17, 15) is 0 Å². The van der Waals surface area contributed by atoms with E-state index >= 15 is 0 Å². The second kappa shape index (κ2) is 6.36. The molecule has 1 saturated carbocycles. The highest BCUT2D eigenvalue weighted by Gasteiger charge is 2.37. The molecule has 1 saturated heterocycles. The maximum Gasteiger partial charge on any atom is 0.0503 e. The Morgan fingerprint density at radius 3 is 2.89 bits per heavy atom. The van der Waals surface area contributed by atoms with E-state index in [0.29, 0.717) is 5.41 Å². The second-order valence-electron chi connectivity index (χ2n) is 6.75. The number of hydrogen-bond acceptors (Lipinski definition) is 3.